The number of nitrogens with two attached hydrogens (primary N) is 1. The van der Waals surface area contributed by atoms with Crippen LogP contribution >= 0.6 is 15.9 Å². The SMILES string of the molecule is NNC(Cc1c(F)ccc(Br)c1F)CC1CCCCCC1. The van der Waals surface area contributed by atoms with Crippen molar-refractivity contribution in [3.05, 3.63) is 33.8 Å². The number of rotatable bonds is 5. The van der Waals surface area contributed by atoms with Crippen LogP contribution in [0.25, 0.3) is 0 Å². The van der Waals surface area contributed by atoms with Gasteiger partial charge in [0.1, 0.15) is 11.6 Å². The Kier molecular flexibility index (Phi) is 6.58. The molecule has 1 aliphatic carbocycles. The minimum Gasteiger partial charge on any atom is -0.271 e. The van der Waals surface area contributed by atoms with Crippen LogP contribution in [0.2, 0.25) is 0 Å². The Morgan fingerprint density at radius 1 is 1.19 bits per heavy atom. The van der Waals surface area contributed by atoms with Gasteiger partial charge in [-0.2, -0.15) is 0 Å². The molecule has 0 bridgehead atoms. The van der Waals surface area contributed by atoms with Crippen molar-refractivity contribution in [3.63, 3.8) is 0 Å². The molecule has 2 rings (SSSR count). The molecule has 118 valence electrons. The fourth-order valence-electron chi connectivity index (χ4n) is 3.21. The van der Waals surface area contributed by atoms with E-state index in [-0.39, 0.29) is 18.0 Å². The van der Waals surface area contributed by atoms with E-state index in [4.69, 9.17) is 5.84 Å². The highest BCUT2D eigenvalue weighted by Gasteiger charge is 2.21. The molecule has 0 aliphatic heterocycles. The van der Waals surface area contributed by atoms with Crippen LogP contribution in [-0.4, -0.2) is 6.04 Å². The van der Waals surface area contributed by atoms with Crippen LogP contribution in [0.5, 0.6) is 0 Å². The topological polar surface area (TPSA) is 38.0 Å². The average Bonchev–Trinajstić information content (AvgIpc) is 2.75. The van der Waals surface area contributed by atoms with E-state index >= 15 is 0 Å². The summed E-state index contributed by atoms with van der Waals surface area (Å²) in [7, 11) is 0. The molecule has 0 saturated heterocycles. The van der Waals surface area contributed by atoms with E-state index in [1.165, 1.54) is 50.7 Å². The third-order valence-corrected chi connectivity index (χ3v) is 5.03. The summed E-state index contributed by atoms with van der Waals surface area (Å²) in [5.41, 5.74) is 2.86. The standard InChI is InChI=1S/C16H23BrF2N2/c17-14-7-8-15(18)13(16(14)19)10-12(21-20)9-11-5-3-1-2-4-6-11/h7-8,11-12,21H,1-6,9-10,20H2. The summed E-state index contributed by atoms with van der Waals surface area (Å²) in [6.07, 6.45) is 8.65. The minimum atomic E-state index is -0.517. The van der Waals surface area contributed by atoms with Crippen molar-refractivity contribution in [3.8, 4) is 0 Å². The third-order valence-electron chi connectivity index (χ3n) is 4.42. The van der Waals surface area contributed by atoms with Crippen molar-refractivity contribution in [2.24, 2.45) is 11.8 Å². The summed E-state index contributed by atoms with van der Waals surface area (Å²) in [4.78, 5) is 0. The van der Waals surface area contributed by atoms with Gasteiger partial charge in [0.15, 0.2) is 0 Å². The molecule has 1 saturated carbocycles. The van der Waals surface area contributed by atoms with Crippen LogP contribution in [0.15, 0.2) is 16.6 Å². The van der Waals surface area contributed by atoms with Crippen molar-refractivity contribution in [1.29, 1.82) is 0 Å². The molecule has 2 nitrogen and oxygen atoms in total. The first-order valence-corrected chi connectivity index (χ1v) is 8.49. The lowest BCUT2D eigenvalue weighted by molar-refractivity contribution is 0.347. The smallest absolute Gasteiger partial charge is 0.143 e. The molecule has 1 atom stereocenters. The maximum atomic E-state index is 14.0. The molecule has 0 spiro atoms. The molecule has 1 aromatic carbocycles. The van der Waals surface area contributed by atoms with E-state index in [9.17, 15) is 8.78 Å². The zero-order valence-electron chi connectivity index (χ0n) is 12.2. The molecule has 1 unspecified atom stereocenters. The first kappa shape index (κ1) is 16.8. The molecular weight excluding hydrogens is 338 g/mol. The van der Waals surface area contributed by atoms with E-state index in [0.717, 1.165) is 6.42 Å². The normalized spacial score (nSPS) is 18.5. The second-order valence-corrected chi connectivity index (χ2v) is 6.84. The predicted octanol–water partition coefficient (Wildman–Crippen LogP) is 4.46. The first-order chi connectivity index (χ1) is 10.1. The Morgan fingerprint density at radius 3 is 2.48 bits per heavy atom. The fourth-order valence-corrected chi connectivity index (χ4v) is 3.59. The summed E-state index contributed by atoms with van der Waals surface area (Å²) in [5, 5.41) is 0. The number of halogens is 3. The van der Waals surface area contributed by atoms with Gasteiger partial charge >= 0.3 is 0 Å². The minimum absolute atomic E-state index is 0.0913. The monoisotopic (exact) mass is 360 g/mol. The number of benzene rings is 1. The van der Waals surface area contributed by atoms with Gasteiger partial charge in [-0.3, -0.25) is 11.3 Å². The first-order valence-electron chi connectivity index (χ1n) is 7.70. The number of hydrazine groups is 1. The second-order valence-electron chi connectivity index (χ2n) is 5.98. The molecule has 1 aromatic rings. The van der Waals surface area contributed by atoms with Crippen molar-refractivity contribution >= 4 is 15.9 Å². The third kappa shape index (κ3) is 4.73. The van der Waals surface area contributed by atoms with Gasteiger partial charge in [-0.15, -0.1) is 0 Å². The maximum absolute atomic E-state index is 14.0. The predicted molar refractivity (Wildman–Crippen MR) is 84.7 cm³/mol. The highest BCUT2D eigenvalue weighted by Crippen LogP contribution is 2.28. The Balaban J connectivity index is 2.03. The van der Waals surface area contributed by atoms with Gasteiger partial charge in [0.05, 0.1) is 4.47 Å². The van der Waals surface area contributed by atoms with Gasteiger partial charge in [-0.1, -0.05) is 38.5 Å². The van der Waals surface area contributed by atoms with E-state index in [1.807, 2.05) is 0 Å². The van der Waals surface area contributed by atoms with Crippen LogP contribution in [0, 0.1) is 17.6 Å². The van der Waals surface area contributed by atoms with Gasteiger partial charge in [0.2, 0.25) is 0 Å². The van der Waals surface area contributed by atoms with Gasteiger partial charge in [0.25, 0.3) is 0 Å². The molecule has 3 N–H and O–H groups in total. The van der Waals surface area contributed by atoms with Gasteiger partial charge < -0.3 is 0 Å². The molecule has 0 aromatic heterocycles. The summed E-state index contributed by atoms with van der Waals surface area (Å²) in [6.45, 7) is 0. The summed E-state index contributed by atoms with van der Waals surface area (Å²) < 4.78 is 28.2. The lowest BCUT2D eigenvalue weighted by atomic mass is 9.90. The summed E-state index contributed by atoms with van der Waals surface area (Å²) in [6, 6.07) is 2.60. The zero-order chi connectivity index (χ0) is 15.2. The maximum Gasteiger partial charge on any atom is 0.143 e. The highest BCUT2D eigenvalue weighted by molar-refractivity contribution is 9.10. The Bertz CT molecular complexity index is 460. The Morgan fingerprint density at radius 2 is 1.86 bits per heavy atom. The molecule has 0 heterocycles. The molecule has 0 radical (unpaired) electrons. The zero-order valence-corrected chi connectivity index (χ0v) is 13.8. The van der Waals surface area contributed by atoms with Crippen LogP contribution in [-0.2, 0) is 6.42 Å². The van der Waals surface area contributed by atoms with E-state index in [1.54, 1.807) is 0 Å². The number of hydrogen-bond donors (Lipinski definition) is 2. The quantitative estimate of drug-likeness (QED) is 0.352. The molecule has 1 fully saturated rings. The molecular formula is C16H23BrF2N2. The second kappa shape index (κ2) is 8.20. The summed E-state index contributed by atoms with van der Waals surface area (Å²) in [5.74, 6) is 5.19. The Hall–Kier alpha value is -0.520. The van der Waals surface area contributed by atoms with Crippen LogP contribution < -0.4 is 11.3 Å². The molecule has 21 heavy (non-hydrogen) atoms. The van der Waals surface area contributed by atoms with Crippen LogP contribution in [0.1, 0.15) is 50.5 Å². The van der Waals surface area contributed by atoms with Crippen molar-refractivity contribution < 1.29 is 8.78 Å². The lowest BCUT2D eigenvalue weighted by Gasteiger charge is -2.22. The van der Waals surface area contributed by atoms with Crippen molar-refractivity contribution in [2.75, 3.05) is 0 Å². The van der Waals surface area contributed by atoms with Gasteiger partial charge in [-0.05, 0) is 46.8 Å². The highest BCUT2D eigenvalue weighted by atomic mass is 79.9. The van der Waals surface area contributed by atoms with Crippen molar-refractivity contribution in [2.45, 2.75) is 57.4 Å². The largest absolute Gasteiger partial charge is 0.271 e. The summed E-state index contributed by atoms with van der Waals surface area (Å²) >= 11 is 3.11. The lowest BCUT2D eigenvalue weighted by Crippen LogP contribution is -2.38. The van der Waals surface area contributed by atoms with Crippen molar-refractivity contribution in [1.82, 2.24) is 5.43 Å². The van der Waals surface area contributed by atoms with Crippen LogP contribution in [0.3, 0.4) is 0 Å². The number of nitrogens with one attached hydrogen (secondary N) is 1. The fraction of sp³-hybridized carbons (Fsp3) is 0.625. The Labute approximate surface area is 133 Å². The van der Waals surface area contributed by atoms with Gasteiger partial charge in [0, 0.05) is 11.6 Å². The van der Waals surface area contributed by atoms with E-state index in [2.05, 4.69) is 21.4 Å². The molecule has 1 aliphatic rings. The molecule has 5 heteroatoms. The van der Waals surface area contributed by atoms with Crippen LogP contribution in [0.4, 0.5) is 8.78 Å². The average molecular weight is 361 g/mol. The van der Waals surface area contributed by atoms with E-state index < -0.39 is 11.6 Å². The number of hydrogen-bond acceptors (Lipinski definition) is 2. The van der Waals surface area contributed by atoms with E-state index in [0.29, 0.717) is 10.4 Å². The van der Waals surface area contributed by atoms with Gasteiger partial charge in [-0.25, -0.2) is 8.78 Å². The molecule has 0 amide bonds.